The van der Waals surface area contributed by atoms with Gasteiger partial charge in [-0.15, -0.1) is 0 Å². The zero-order chi connectivity index (χ0) is 13.2. The minimum Gasteiger partial charge on any atom is -0.488 e. The maximum Gasteiger partial charge on any atom is 0.130 e. The molecule has 0 fully saturated rings. The molecule has 0 saturated carbocycles. The molecule has 0 aromatic heterocycles. The van der Waals surface area contributed by atoms with Gasteiger partial charge in [0, 0.05) is 18.5 Å². The minimum absolute atomic E-state index is 0.182. The molecule has 0 saturated heterocycles. The van der Waals surface area contributed by atoms with E-state index >= 15 is 0 Å². The zero-order valence-electron chi connectivity index (χ0n) is 10.8. The molecular weight excluding hydrogens is 241 g/mol. The van der Waals surface area contributed by atoms with Crippen LogP contribution in [0.25, 0.3) is 11.1 Å². The molecular formula is C16H16FNO. The summed E-state index contributed by atoms with van der Waals surface area (Å²) in [7, 11) is 1.92. The molecule has 2 aromatic rings. The fourth-order valence-electron chi connectivity index (χ4n) is 2.54. The summed E-state index contributed by atoms with van der Waals surface area (Å²) in [5.74, 6) is 0.722. The first-order valence-electron chi connectivity index (χ1n) is 6.47. The highest BCUT2D eigenvalue weighted by molar-refractivity contribution is 5.73. The molecule has 3 heteroatoms. The van der Waals surface area contributed by atoms with Crippen LogP contribution in [-0.4, -0.2) is 19.7 Å². The van der Waals surface area contributed by atoms with E-state index in [9.17, 15) is 4.39 Å². The standard InChI is InChI=1S/C16H16FNO/c1-18-10-14-9-12-3-2-4-15(16(12)19-14)11-5-7-13(17)8-6-11/h2-8,14,18H,9-10H2,1H3/t14-/m1/s1. The van der Waals surface area contributed by atoms with E-state index in [1.807, 2.05) is 19.2 Å². The van der Waals surface area contributed by atoms with Crippen LogP contribution in [0.15, 0.2) is 42.5 Å². The van der Waals surface area contributed by atoms with E-state index in [2.05, 4.69) is 11.4 Å². The first-order chi connectivity index (χ1) is 9.28. The van der Waals surface area contributed by atoms with Gasteiger partial charge in [0.25, 0.3) is 0 Å². The van der Waals surface area contributed by atoms with Crippen molar-refractivity contribution in [2.24, 2.45) is 0 Å². The Morgan fingerprint density at radius 3 is 2.74 bits per heavy atom. The Balaban J connectivity index is 1.97. The highest BCUT2D eigenvalue weighted by Crippen LogP contribution is 2.38. The van der Waals surface area contributed by atoms with E-state index in [0.717, 1.165) is 29.8 Å². The van der Waals surface area contributed by atoms with Gasteiger partial charge in [0.1, 0.15) is 17.7 Å². The van der Waals surface area contributed by atoms with Crippen LogP contribution in [0.2, 0.25) is 0 Å². The molecule has 98 valence electrons. The van der Waals surface area contributed by atoms with Gasteiger partial charge in [-0.3, -0.25) is 0 Å². The molecule has 1 atom stereocenters. The number of ether oxygens (including phenoxy) is 1. The quantitative estimate of drug-likeness (QED) is 0.912. The van der Waals surface area contributed by atoms with Crippen LogP contribution in [0, 0.1) is 5.82 Å². The van der Waals surface area contributed by atoms with E-state index in [-0.39, 0.29) is 11.9 Å². The summed E-state index contributed by atoms with van der Waals surface area (Å²) in [5, 5.41) is 3.14. The molecule has 19 heavy (non-hydrogen) atoms. The van der Waals surface area contributed by atoms with Gasteiger partial charge in [-0.25, -0.2) is 4.39 Å². The molecule has 0 aliphatic carbocycles. The van der Waals surface area contributed by atoms with Gasteiger partial charge < -0.3 is 10.1 Å². The van der Waals surface area contributed by atoms with E-state index < -0.39 is 0 Å². The SMILES string of the molecule is CNC[C@H]1Cc2cccc(-c3ccc(F)cc3)c2O1. The summed E-state index contributed by atoms with van der Waals surface area (Å²) >= 11 is 0. The molecule has 1 aliphatic heterocycles. The number of para-hydroxylation sites is 1. The van der Waals surface area contributed by atoms with Gasteiger partial charge in [0.05, 0.1) is 0 Å². The minimum atomic E-state index is -0.217. The number of rotatable bonds is 3. The van der Waals surface area contributed by atoms with Gasteiger partial charge in [-0.2, -0.15) is 0 Å². The molecule has 2 nitrogen and oxygen atoms in total. The zero-order valence-corrected chi connectivity index (χ0v) is 10.8. The van der Waals surface area contributed by atoms with Crippen molar-refractivity contribution in [1.82, 2.24) is 5.32 Å². The summed E-state index contributed by atoms with van der Waals surface area (Å²) in [4.78, 5) is 0. The second-order valence-electron chi connectivity index (χ2n) is 4.80. The molecule has 1 heterocycles. The number of likely N-dealkylation sites (N-methyl/N-ethyl adjacent to an activating group) is 1. The largest absolute Gasteiger partial charge is 0.488 e. The lowest BCUT2D eigenvalue weighted by Gasteiger charge is -2.12. The van der Waals surface area contributed by atoms with Crippen LogP contribution in [0.5, 0.6) is 5.75 Å². The number of fused-ring (bicyclic) bond motifs is 1. The van der Waals surface area contributed by atoms with E-state index in [1.54, 1.807) is 12.1 Å². The molecule has 0 spiro atoms. The lowest BCUT2D eigenvalue weighted by molar-refractivity contribution is 0.232. The molecule has 0 unspecified atom stereocenters. The lowest BCUT2D eigenvalue weighted by Crippen LogP contribution is -2.27. The first-order valence-corrected chi connectivity index (χ1v) is 6.47. The highest BCUT2D eigenvalue weighted by Gasteiger charge is 2.24. The second kappa shape index (κ2) is 5.02. The number of nitrogens with one attached hydrogen (secondary N) is 1. The molecule has 1 N–H and O–H groups in total. The monoisotopic (exact) mass is 257 g/mol. The van der Waals surface area contributed by atoms with Crippen LogP contribution in [0.3, 0.4) is 0 Å². The van der Waals surface area contributed by atoms with Crippen molar-refractivity contribution in [3.05, 3.63) is 53.8 Å². The summed E-state index contributed by atoms with van der Waals surface area (Å²) in [6, 6.07) is 12.7. The molecule has 0 radical (unpaired) electrons. The molecule has 0 bridgehead atoms. The van der Waals surface area contributed by atoms with E-state index in [4.69, 9.17) is 4.74 Å². The maximum absolute atomic E-state index is 13.0. The maximum atomic E-state index is 13.0. The Morgan fingerprint density at radius 2 is 2.00 bits per heavy atom. The summed E-state index contributed by atoms with van der Waals surface area (Å²) < 4.78 is 19.0. The number of hydrogen-bond donors (Lipinski definition) is 1. The van der Waals surface area contributed by atoms with Crippen molar-refractivity contribution < 1.29 is 9.13 Å². The Morgan fingerprint density at radius 1 is 1.21 bits per heavy atom. The first kappa shape index (κ1) is 12.2. The van der Waals surface area contributed by atoms with Crippen molar-refractivity contribution in [2.75, 3.05) is 13.6 Å². The number of benzene rings is 2. The Bertz CT molecular complexity index is 580. The highest BCUT2D eigenvalue weighted by atomic mass is 19.1. The van der Waals surface area contributed by atoms with Crippen LogP contribution in [-0.2, 0) is 6.42 Å². The third kappa shape index (κ3) is 2.34. The van der Waals surface area contributed by atoms with Crippen LogP contribution in [0.4, 0.5) is 4.39 Å². The van der Waals surface area contributed by atoms with Crippen molar-refractivity contribution >= 4 is 0 Å². The van der Waals surface area contributed by atoms with Gasteiger partial charge in [0.2, 0.25) is 0 Å². The molecule has 1 aliphatic rings. The lowest BCUT2D eigenvalue weighted by atomic mass is 10.0. The molecule has 3 rings (SSSR count). The third-order valence-electron chi connectivity index (χ3n) is 3.42. The van der Waals surface area contributed by atoms with Gasteiger partial charge >= 0.3 is 0 Å². The summed E-state index contributed by atoms with van der Waals surface area (Å²) in [6.45, 7) is 0.831. The van der Waals surface area contributed by atoms with E-state index in [1.165, 1.54) is 17.7 Å². The third-order valence-corrected chi connectivity index (χ3v) is 3.42. The Hall–Kier alpha value is -1.87. The van der Waals surface area contributed by atoms with Crippen molar-refractivity contribution in [3.63, 3.8) is 0 Å². The smallest absolute Gasteiger partial charge is 0.130 e. The fourth-order valence-corrected chi connectivity index (χ4v) is 2.54. The summed E-state index contributed by atoms with van der Waals surface area (Å²) in [6.07, 6.45) is 1.10. The number of halogens is 1. The second-order valence-corrected chi connectivity index (χ2v) is 4.80. The van der Waals surface area contributed by atoms with Crippen molar-refractivity contribution in [2.45, 2.75) is 12.5 Å². The fraction of sp³-hybridized carbons (Fsp3) is 0.250. The molecule has 2 aromatic carbocycles. The van der Waals surface area contributed by atoms with Crippen LogP contribution >= 0.6 is 0 Å². The summed E-state index contributed by atoms with van der Waals surface area (Å²) in [5.41, 5.74) is 3.25. The predicted molar refractivity (Wildman–Crippen MR) is 73.9 cm³/mol. The number of hydrogen-bond acceptors (Lipinski definition) is 2. The van der Waals surface area contributed by atoms with Gasteiger partial charge in [-0.1, -0.05) is 30.3 Å². The van der Waals surface area contributed by atoms with Gasteiger partial charge in [-0.05, 0) is 30.3 Å². The Kier molecular flexibility index (Phi) is 3.22. The normalized spacial score (nSPS) is 17.1. The average molecular weight is 257 g/mol. The van der Waals surface area contributed by atoms with Crippen LogP contribution < -0.4 is 10.1 Å². The van der Waals surface area contributed by atoms with Crippen molar-refractivity contribution in [3.8, 4) is 16.9 Å². The Labute approximate surface area is 112 Å². The van der Waals surface area contributed by atoms with E-state index in [0.29, 0.717) is 0 Å². The van der Waals surface area contributed by atoms with Crippen LogP contribution in [0.1, 0.15) is 5.56 Å². The predicted octanol–water partition coefficient (Wildman–Crippen LogP) is 3.02. The van der Waals surface area contributed by atoms with Crippen molar-refractivity contribution in [1.29, 1.82) is 0 Å². The average Bonchev–Trinajstić information content (AvgIpc) is 2.82. The topological polar surface area (TPSA) is 21.3 Å². The van der Waals surface area contributed by atoms with Gasteiger partial charge in [0.15, 0.2) is 0 Å². The molecule has 0 amide bonds.